The molecule has 0 aliphatic carbocycles. The highest BCUT2D eigenvalue weighted by molar-refractivity contribution is 6.04. The Bertz CT molecular complexity index is 1330. The van der Waals surface area contributed by atoms with Crippen molar-refractivity contribution in [2.45, 2.75) is 19.1 Å². The fourth-order valence-electron chi connectivity index (χ4n) is 3.75. The van der Waals surface area contributed by atoms with Gasteiger partial charge in [0.25, 0.3) is 5.91 Å². The highest BCUT2D eigenvalue weighted by Crippen LogP contribution is 2.20. The second-order valence-electron chi connectivity index (χ2n) is 7.85. The lowest BCUT2D eigenvalue weighted by Gasteiger charge is -2.18. The van der Waals surface area contributed by atoms with E-state index in [1.54, 1.807) is 24.3 Å². The predicted octanol–water partition coefficient (Wildman–Crippen LogP) is 4.43. The summed E-state index contributed by atoms with van der Waals surface area (Å²) in [6, 6.07) is 22.5. The van der Waals surface area contributed by atoms with Crippen molar-refractivity contribution in [3.05, 3.63) is 102 Å². The molecule has 8 nitrogen and oxygen atoms in total. The molecule has 178 valence electrons. The molecule has 4 rings (SSSR count). The Morgan fingerprint density at radius 1 is 0.914 bits per heavy atom. The number of H-pyrrole nitrogens is 1. The number of fused-ring (bicyclic) bond motifs is 1. The second kappa shape index (κ2) is 11.0. The Labute approximate surface area is 202 Å². The third-order valence-electron chi connectivity index (χ3n) is 5.51. The molecule has 0 unspecified atom stereocenters. The molecule has 0 radical (unpaired) electrons. The number of carbonyl (C=O) groups is 3. The molecule has 2 amide bonds. The number of hydrogen-bond donors (Lipinski definition) is 3. The number of benzene rings is 3. The third kappa shape index (κ3) is 5.86. The van der Waals surface area contributed by atoms with Crippen molar-refractivity contribution in [2.75, 3.05) is 12.4 Å². The summed E-state index contributed by atoms with van der Waals surface area (Å²) < 4.78 is 10.2. The van der Waals surface area contributed by atoms with Gasteiger partial charge in [-0.2, -0.15) is 0 Å². The van der Waals surface area contributed by atoms with E-state index in [0.29, 0.717) is 0 Å². The van der Waals surface area contributed by atoms with Crippen LogP contribution in [0.4, 0.5) is 10.5 Å². The Kier molecular flexibility index (Phi) is 7.42. The highest BCUT2D eigenvalue weighted by atomic mass is 16.5. The van der Waals surface area contributed by atoms with E-state index < -0.39 is 24.0 Å². The van der Waals surface area contributed by atoms with Crippen LogP contribution in [-0.4, -0.2) is 36.1 Å². The van der Waals surface area contributed by atoms with Crippen molar-refractivity contribution >= 4 is 34.6 Å². The zero-order valence-corrected chi connectivity index (χ0v) is 19.1. The minimum Gasteiger partial charge on any atom is -0.467 e. The lowest BCUT2D eigenvalue weighted by atomic mass is 10.0. The van der Waals surface area contributed by atoms with Gasteiger partial charge in [-0.25, -0.2) is 9.59 Å². The van der Waals surface area contributed by atoms with E-state index in [9.17, 15) is 14.4 Å². The van der Waals surface area contributed by atoms with Crippen LogP contribution in [0.5, 0.6) is 0 Å². The molecule has 0 aliphatic heterocycles. The molecule has 3 N–H and O–H groups in total. The summed E-state index contributed by atoms with van der Waals surface area (Å²) in [5.74, 6) is -1.10. The Morgan fingerprint density at radius 3 is 2.43 bits per heavy atom. The third-order valence-corrected chi connectivity index (χ3v) is 5.51. The maximum atomic E-state index is 13.1. The lowest BCUT2D eigenvalue weighted by Crippen LogP contribution is -2.43. The summed E-state index contributed by atoms with van der Waals surface area (Å²) in [5, 5.41) is 6.30. The first kappa shape index (κ1) is 23.6. The number of anilines is 1. The van der Waals surface area contributed by atoms with Crippen molar-refractivity contribution in [1.29, 1.82) is 0 Å². The van der Waals surface area contributed by atoms with E-state index >= 15 is 0 Å². The van der Waals surface area contributed by atoms with Gasteiger partial charge in [0, 0.05) is 23.5 Å². The van der Waals surface area contributed by atoms with Gasteiger partial charge in [-0.15, -0.1) is 0 Å². The minimum absolute atomic E-state index is 0.0933. The van der Waals surface area contributed by atoms with Gasteiger partial charge in [0.05, 0.1) is 18.4 Å². The molecule has 0 fully saturated rings. The first-order valence-electron chi connectivity index (χ1n) is 11.1. The quantitative estimate of drug-likeness (QED) is 0.329. The lowest BCUT2D eigenvalue weighted by molar-refractivity contribution is -0.142. The van der Waals surface area contributed by atoms with Crippen LogP contribution in [-0.2, 0) is 27.3 Å². The molecule has 3 aromatic carbocycles. The van der Waals surface area contributed by atoms with Gasteiger partial charge in [0.15, 0.2) is 0 Å². The number of aromatic amines is 1. The molecule has 1 heterocycles. The van der Waals surface area contributed by atoms with Crippen LogP contribution >= 0.6 is 0 Å². The molecule has 0 bridgehead atoms. The number of nitrogens with one attached hydrogen (secondary N) is 3. The average molecular weight is 472 g/mol. The maximum Gasteiger partial charge on any atom is 0.411 e. The van der Waals surface area contributed by atoms with E-state index in [1.807, 2.05) is 60.8 Å². The normalized spacial score (nSPS) is 11.5. The first-order chi connectivity index (χ1) is 17.0. The molecule has 1 atom stereocenters. The number of esters is 1. The van der Waals surface area contributed by atoms with Gasteiger partial charge >= 0.3 is 12.1 Å². The largest absolute Gasteiger partial charge is 0.467 e. The Hall–Kier alpha value is -4.59. The molecule has 0 saturated carbocycles. The fourth-order valence-corrected chi connectivity index (χ4v) is 3.75. The predicted molar refractivity (Wildman–Crippen MR) is 132 cm³/mol. The number of rotatable bonds is 8. The standard InChI is InChI=1S/C27H25N3O5/c1-34-26(32)24(15-19-16-28-22-13-7-5-11-20(19)22)29-25(31)21-12-6-8-14-23(21)30-27(33)35-17-18-9-3-2-4-10-18/h2-14,16,24,28H,15,17H2,1H3,(H,29,31)(H,30,33)/t24-/m0/s1. The Balaban J connectivity index is 1.46. The first-order valence-corrected chi connectivity index (χ1v) is 11.1. The zero-order chi connectivity index (χ0) is 24.6. The van der Waals surface area contributed by atoms with E-state index in [2.05, 4.69) is 15.6 Å². The van der Waals surface area contributed by atoms with Gasteiger partial charge < -0.3 is 19.8 Å². The summed E-state index contributed by atoms with van der Waals surface area (Å²) in [5.41, 5.74) is 3.09. The highest BCUT2D eigenvalue weighted by Gasteiger charge is 2.25. The van der Waals surface area contributed by atoms with Crippen molar-refractivity contribution in [2.24, 2.45) is 0 Å². The monoisotopic (exact) mass is 471 g/mol. The summed E-state index contributed by atoms with van der Waals surface area (Å²) >= 11 is 0. The summed E-state index contributed by atoms with van der Waals surface area (Å²) in [6.45, 7) is 0.0933. The number of ether oxygens (including phenoxy) is 2. The van der Waals surface area contributed by atoms with Crippen LogP contribution in [0.2, 0.25) is 0 Å². The SMILES string of the molecule is COC(=O)[C@H](Cc1c[nH]c2ccccc12)NC(=O)c1ccccc1NC(=O)OCc1ccccc1. The Morgan fingerprint density at radius 2 is 1.63 bits per heavy atom. The van der Waals surface area contributed by atoms with Crippen molar-refractivity contribution in [3.8, 4) is 0 Å². The summed E-state index contributed by atoms with van der Waals surface area (Å²) in [4.78, 5) is 41.1. The van der Waals surface area contributed by atoms with Crippen LogP contribution in [0.3, 0.4) is 0 Å². The molecule has 35 heavy (non-hydrogen) atoms. The zero-order valence-electron chi connectivity index (χ0n) is 19.1. The van der Waals surface area contributed by atoms with Crippen molar-refractivity contribution in [3.63, 3.8) is 0 Å². The van der Waals surface area contributed by atoms with Crippen LogP contribution in [0.15, 0.2) is 85.1 Å². The maximum absolute atomic E-state index is 13.1. The number of carbonyl (C=O) groups excluding carboxylic acids is 3. The van der Waals surface area contributed by atoms with Gasteiger partial charge in [0.1, 0.15) is 12.6 Å². The topological polar surface area (TPSA) is 110 Å². The molecular formula is C27H25N3O5. The van der Waals surface area contributed by atoms with Gasteiger partial charge in [-0.1, -0.05) is 60.7 Å². The van der Waals surface area contributed by atoms with Crippen LogP contribution in [0.1, 0.15) is 21.5 Å². The van der Waals surface area contributed by atoms with Gasteiger partial charge in [0.2, 0.25) is 0 Å². The van der Waals surface area contributed by atoms with Crippen LogP contribution in [0.25, 0.3) is 10.9 Å². The number of methoxy groups -OCH3 is 1. The molecule has 0 spiro atoms. The average Bonchev–Trinajstić information content (AvgIpc) is 3.30. The number of aromatic nitrogens is 1. The smallest absolute Gasteiger partial charge is 0.411 e. The van der Waals surface area contributed by atoms with Crippen molar-refractivity contribution < 1.29 is 23.9 Å². The van der Waals surface area contributed by atoms with Gasteiger partial charge in [-0.05, 0) is 29.3 Å². The van der Waals surface area contributed by atoms with E-state index in [4.69, 9.17) is 9.47 Å². The van der Waals surface area contributed by atoms with Crippen LogP contribution in [0, 0.1) is 0 Å². The van der Waals surface area contributed by atoms with Gasteiger partial charge in [-0.3, -0.25) is 10.1 Å². The molecule has 0 saturated heterocycles. The van der Waals surface area contributed by atoms with Crippen molar-refractivity contribution in [1.82, 2.24) is 10.3 Å². The summed E-state index contributed by atoms with van der Waals surface area (Å²) in [6.07, 6.45) is 1.35. The van der Waals surface area contributed by atoms with Crippen LogP contribution < -0.4 is 10.6 Å². The summed E-state index contributed by atoms with van der Waals surface area (Å²) in [7, 11) is 1.27. The molecule has 1 aromatic heterocycles. The minimum atomic E-state index is -0.926. The molecule has 0 aliphatic rings. The van der Waals surface area contributed by atoms with E-state index in [0.717, 1.165) is 22.0 Å². The number of hydrogen-bond acceptors (Lipinski definition) is 5. The molecular weight excluding hydrogens is 446 g/mol. The fraction of sp³-hybridized carbons (Fsp3) is 0.148. The second-order valence-corrected chi connectivity index (χ2v) is 7.85. The van der Waals surface area contributed by atoms with E-state index in [1.165, 1.54) is 7.11 Å². The van der Waals surface area contributed by atoms with E-state index in [-0.39, 0.29) is 24.3 Å². The molecule has 4 aromatic rings. The number of para-hydroxylation sites is 2. The molecule has 8 heteroatoms. The number of amides is 2.